The molecule has 4 aromatic heterocycles. The van der Waals surface area contributed by atoms with Gasteiger partial charge in [-0.3, -0.25) is 9.78 Å². The lowest BCUT2D eigenvalue weighted by Crippen LogP contribution is -2.36. The van der Waals surface area contributed by atoms with Crippen LogP contribution in [0.4, 0.5) is 5.82 Å². The molecule has 5 heterocycles. The third-order valence-corrected chi connectivity index (χ3v) is 5.62. The number of anilines is 1. The molecule has 0 unspecified atom stereocenters. The van der Waals surface area contributed by atoms with Crippen LogP contribution in [0.1, 0.15) is 11.3 Å². The van der Waals surface area contributed by atoms with E-state index in [-0.39, 0.29) is 5.56 Å². The number of pyridine rings is 3. The van der Waals surface area contributed by atoms with Crippen molar-refractivity contribution in [3.05, 3.63) is 70.5 Å². The number of nitrogens with zero attached hydrogens (tertiary/aromatic N) is 6. The molecule has 0 N–H and O–H groups in total. The summed E-state index contributed by atoms with van der Waals surface area (Å²) in [5.41, 5.74) is 4.31. The molecule has 158 valence electrons. The minimum absolute atomic E-state index is 0.00703. The van der Waals surface area contributed by atoms with E-state index in [9.17, 15) is 4.79 Å². The number of hydrogen-bond donors (Lipinski definition) is 0. The van der Waals surface area contributed by atoms with Crippen LogP contribution in [-0.4, -0.2) is 50.4 Å². The van der Waals surface area contributed by atoms with Crippen LogP contribution in [0.15, 0.2) is 53.7 Å². The first-order valence-electron chi connectivity index (χ1n) is 10.4. The van der Waals surface area contributed by atoms with E-state index in [1.165, 1.54) is 0 Å². The van der Waals surface area contributed by atoms with Crippen molar-refractivity contribution >= 4 is 16.9 Å². The van der Waals surface area contributed by atoms with Crippen LogP contribution < -0.4 is 10.5 Å². The highest BCUT2D eigenvalue weighted by molar-refractivity contribution is 5.82. The van der Waals surface area contributed by atoms with Crippen LogP contribution in [-0.2, 0) is 18.3 Å². The van der Waals surface area contributed by atoms with E-state index in [4.69, 9.17) is 9.72 Å². The molecule has 8 nitrogen and oxygen atoms in total. The standard InChI is InChI=1S/C23H24N6O2/c1-16-11-17(14-27(2)23(16)30)22-26-19-13-25-21(28-7-9-31-10-8-28)12-20(19)29(22)15-18-5-3-4-6-24-18/h3-6,11-14H,7-10,15H2,1-2H3. The molecule has 0 radical (unpaired) electrons. The highest BCUT2D eigenvalue weighted by Crippen LogP contribution is 2.28. The molecule has 31 heavy (non-hydrogen) atoms. The largest absolute Gasteiger partial charge is 0.378 e. The summed E-state index contributed by atoms with van der Waals surface area (Å²) in [5.74, 6) is 1.71. The second-order valence-electron chi connectivity index (χ2n) is 7.80. The fraction of sp³-hybridized carbons (Fsp3) is 0.304. The predicted molar refractivity (Wildman–Crippen MR) is 119 cm³/mol. The topological polar surface area (TPSA) is 78.1 Å². The Morgan fingerprint density at radius 3 is 2.71 bits per heavy atom. The van der Waals surface area contributed by atoms with Gasteiger partial charge in [-0.2, -0.15) is 0 Å². The average molecular weight is 416 g/mol. The Labute approximate surface area is 179 Å². The number of morpholine rings is 1. The highest BCUT2D eigenvalue weighted by Gasteiger charge is 2.19. The van der Waals surface area contributed by atoms with Gasteiger partial charge in [-0.25, -0.2) is 9.97 Å². The van der Waals surface area contributed by atoms with E-state index >= 15 is 0 Å². The molecule has 1 aliphatic rings. The molecule has 8 heteroatoms. The third kappa shape index (κ3) is 3.70. The lowest BCUT2D eigenvalue weighted by molar-refractivity contribution is 0.122. The maximum Gasteiger partial charge on any atom is 0.253 e. The second-order valence-corrected chi connectivity index (χ2v) is 7.80. The Hall–Kier alpha value is -3.52. The lowest BCUT2D eigenvalue weighted by Gasteiger charge is -2.27. The first-order valence-corrected chi connectivity index (χ1v) is 10.4. The van der Waals surface area contributed by atoms with Crippen molar-refractivity contribution in [3.63, 3.8) is 0 Å². The van der Waals surface area contributed by atoms with Gasteiger partial charge in [0.15, 0.2) is 0 Å². The molecular formula is C23H24N6O2. The zero-order valence-corrected chi connectivity index (χ0v) is 17.7. The van der Waals surface area contributed by atoms with Crippen molar-refractivity contribution in [2.45, 2.75) is 13.5 Å². The molecule has 0 spiro atoms. The van der Waals surface area contributed by atoms with Crippen molar-refractivity contribution in [3.8, 4) is 11.4 Å². The molecule has 0 aliphatic carbocycles. The SMILES string of the molecule is Cc1cc(-c2nc3cnc(N4CCOCC4)cc3n2Cc2ccccn2)cn(C)c1=O. The quantitative estimate of drug-likeness (QED) is 0.508. The summed E-state index contributed by atoms with van der Waals surface area (Å²) in [5, 5.41) is 0. The predicted octanol–water partition coefficient (Wildman–Crippen LogP) is 2.39. The molecule has 1 saturated heterocycles. The molecular weight excluding hydrogens is 392 g/mol. The van der Waals surface area contributed by atoms with Gasteiger partial charge in [0.25, 0.3) is 5.56 Å². The van der Waals surface area contributed by atoms with Crippen LogP contribution in [0, 0.1) is 6.92 Å². The monoisotopic (exact) mass is 416 g/mol. The summed E-state index contributed by atoms with van der Waals surface area (Å²) < 4.78 is 9.24. The number of ether oxygens (including phenoxy) is 1. The van der Waals surface area contributed by atoms with Crippen molar-refractivity contribution in [2.75, 3.05) is 31.2 Å². The molecule has 0 atom stereocenters. The number of imidazole rings is 1. The summed E-state index contributed by atoms with van der Waals surface area (Å²) in [4.78, 5) is 28.5. The highest BCUT2D eigenvalue weighted by atomic mass is 16.5. The summed E-state index contributed by atoms with van der Waals surface area (Å²) >= 11 is 0. The molecule has 0 aromatic carbocycles. The van der Waals surface area contributed by atoms with Gasteiger partial charge in [0.2, 0.25) is 0 Å². The number of aromatic nitrogens is 5. The summed E-state index contributed by atoms with van der Waals surface area (Å²) in [6.45, 7) is 5.45. The maximum atomic E-state index is 12.2. The smallest absolute Gasteiger partial charge is 0.253 e. The number of fused-ring (bicyclic) bond motifs is 1. The molecule has 1 fully saturated rings. The van der Waals surface area contributed by atoms with Gasteiger partial charge in [0, 0.05) is 49.7 Å². The van der Waals surface area contributed by atoms with Crippen LogP contribution >= 0.6 is 0 Å². The Balaban J connectivity index is 1.68. The number of rotatable bonds is 4. The van der Waals surface area contributed by atoms with E-state index in [0.717, 1.165) is 47.0 Å². The average Bonchev–Trinajstić information content (AvgIpc) is 3.16. The van der Waals surface area contributed by atoms with Crippen LogP contribution in [0.25, 0.3) is 22.4 Å². The molecule has 1 aliphatic heterocycles. The van der Waals surface area contributed by atoms with E-state index < -0.39 is 0 Å². The number of aryl methyl sites for hydroxylation is 2. The summed E-state index contributed by atoms with van der Waals surface area (Å²) in [7, 11) is 1.77. The Morgan fingerprint density at radius 2 is 1.97 bits per heavy atom. The maximum absolute atomic E-state index is 12.2. The van der Waals surface area contributed by atoms with E-state index in [0.29, 0.717) is 25.3 Å². The zero-order chi connectivity index (χ0) is 21.4. The lowest BCUT2D eigenvalue weighted by atomic mass is 10.2. The normalized spacial score (nSPS) is 14.3. The van der Waals surface area contributed by atoms with Gasteiger partial charge in [-0.05, 0) is 25.1 Å². The fourth-order valence-electron chi connectivity index (χ4n) is 4.02. The van der Waals surface area contributed by atoms with Gasteiger partial charge >= 0.3 is 0 Å². The molecule has 5 rings (SSSR count). The van der Waals surface area contributed by atoms with Crippen molar-refractivity contribution in [1.82, 2.24) is 24.1 Å². The van der Waals surface area contributed by atoms with Crippen molar-refractivity contribution in [1.29, 1.82) is 0 Å². The second kappa shape index (κ2) is 7.96. The molecule has 0 amide bonds. The Morgan fingerprint density at radius 1 is 1.13 bits per heavy atom. The third-order valence-electron chi connectivity index (χ3n) is 5.62. The zero-order valence-electron chi connectivity index (χ0n) is 17.7. The molecule has 4 aromatic rings. The fourth-order valence-corrected chi connectivity index (χ4v) is 4.02. The van der Waals surface area contributed by atoms with E-state index in [2.05, 4.69) is 25.5 Å². The minimum atomic E-state index is -0.00703. The Bertz CT molecular complexity index is 1260. The number of hydrogen-bond acceptors (Lipinski definition) is 6. The van der Waals surface area contributed by atoms with Gasteiger partial charge in [-0.1, -0.05) is 6.07 Å². The van der Waals surface area contributed by atoms with Crippen LogP contribution in [0.3, 0.4) is 0 Å². The first kappa shape index (κ1) is 19.4. The minimum Gasteiger partial charge on any atom is -0.378 e. The molecule has 0 saturated carbocycles. The van der Waals surface area contributed by atoms with Crippen molar-refractivity contribution in [2.24, 2.45) is 7.05 Å². The first-order chi connectivity index (χ1) is 15.1. The van der Waals surface area contributed by atoms with Gasteiger partial charge in [0.1, 0.15) is 17.2 Å². The van der Waals surface area contributed by atoms with E-state index in [1.807, 2.05) is 43.6 Å². The van der Waals surface area contributed by atoms with Crippen LogP contribution in [0.2, 0.25) is 0 Å². The van der Waals surface area contributed by atoms with E-state index in [1.54, 1.807) is 17.8 Å². The van der Waals surface area contributed by atoms with Gasteiger partial charge < -0.3 is 18.8 Å². The van der Waals surface area contributed by atoms with Gasteiger partial charge in [0.05, 0.1) is 37.2 Å². The van der Waals surface area contributed by atoms with Crippen LogP contribution in [0.5, 0.6) is 0 Å². The van der Waals surface area contributed by atoms with Crippen molar-refractivity contribution < 1.29 is 4.74 Å². The molecule has 0 bridgehead atoms. The summed E-state index contributed by atoms with van der Waals surface area (Å²) in [6, 6.07) is 9.89. The summed E-state index contributed by atoms with van der Waals surface area (Å²) in [6.07, 6.45) is 5.46. The van der Waals surface area contributed by atoms with Gasteiger partial charge in [-0.15, -0.1) is 0 Å². The Kier molecular flexibility index (Phi) is 4.99.